The van der Waals surface area contributed by atoms with Crippen LogP contribution < -0.4 is 11.3 Å². The zero-order valence-corrected chi connectivity index (χ0v) is 11.3. The lowest BCUT2D eigenvalue weighted by Crippen LogP contribution is -2.53. The molecule has 2 atom stereocenters. The van der Waals surface area contributed by atoms with Gasteiger partial charge in [-0.1, -0.05) is 19.3 Å². The average Bonchev–Trinajstić information content (AvgIpc) is 3.06. The minimum absolute atomic E-state index is 0.512. The molecule has 0 spiro atoms. The van der Waals surface area contributed by atoms with Gasteiger partial charge >= 0.3 is 0 Å². The highest BCUT2D eigenvalue weighted by atomic mass is 15.4. The highest BCUT2D eigenvalue weighted by molar-refractivity contribution is 5.80. The number of nitrogens with two attached hydrogens (primary N) is 1. The second-order valence-electron chi connectivity index (χ2n) is 6.13. The highest BCUT2D eigenvalue weighted by Gasteiger charge is 2.36. The molecule has 3 rings (SSSR count). The first-order valence-corrected chi connectivity index (χ1v) is 7.69. The van der Waals surface area contributed by atoms with Gasteiger partial charge in [0.15, 0.2) is 0 Å². The third kappa shape index (κ3) is 2.35. The molecule has 102 valence electrons. The molecule has 4 nitrogen and oxygen atoms in total. The van der Waals surface area contributed by atoms with E-state index < -0.39 is 0 Å². The lowest BCUT2D eigenvalue weighted by atomic mass is 9.92. The third-order valence-electron chi connectivity index (χ3n) is 5.02. The first-order valence-electron chi connectivity index (χ1n) is 7.69. The molecule has 2 unspecified atom stereocenters. The van der Waals surface area contributed by atoms with Crippen molar-refractivity contribution in [2.24, 2.45) is 16.8 Å². The molecule has 0 aromatic rings. The van der Waals surface area contributed by atoms with Crippen LogP contribution in [0.5, 0.6) is 0 Å². The van der Waals surface area contributed by atoms with Crippen molar-refractivity contribution < 1.29 is 0 Å². The second kappa shape index (κ2) is 5.47. The van der Waals surface area contributed by atoms with Crippen LogP contribution in [-0.2, 0) is 0 Å². The minimum atomic E-state index is 0.512. The van der Waals surface area contributed by atoms with Gasteiger partial charge in [0.2, 0.25) is 5.96 Å². The van der Waals surface area contributed by atoms with Crippen LogP contribution in [0.1, 0.15) is 57.8 Å². The molecule has 4 heteroatoms. The molecule has 0 aromatic carbocycles. The Kier molecular flexibility index (Phi) is 3.73. The standard InChI is InChI=1S/C14H26N4/c15-17-14(16-12-7-1-2-8-12)18-10-4-6-11-5-3-9-13(11)18/h11-13H,1-10,15H2,(H,16,17). The Hall–Kier alpha value is -0.770. The summed E-state index contributed by atoms with van der Waals surface area (Å²) in [6, 6.07) is 1.22. The monoisotopic (exact) mass is 250 g/mol. The molecule has 0 aromatic heterocycles. The van der Waals surface area contributed by atoms with Gasteiger partial charge in [0.05, 0.1) is 6.04 Å². The van der Waals surface area contributed by atoms with Crippen LogP contribution in [0.25, 0.3) is 0 Å². The van der Waals surface area contributed by atoms with Gasteiger partial charge in [0.25, 0.3) is 0 Å². The van der Waals surface area contributed by atoms with Gasteiger partial charge in [-0.15, -0.1) is 0 Å². The summed E-state index contributed by atoms with van der Waals surface area (Å²) >= 11 is 0. The van der Waals surface area contributed by atoms with E-state index in [1.807, 2.05) is 0 Å². The number of aliphatic imine (C=N–C) groups is 1. The number of nitrogens with one attached hydrogen (secondary N) is 1. The van der Waals surface area contributed by atoms with Crippen molar-refractivity contribution in [3.63, 3.8) is 0 Å². The zero-order valence-electron chi connectivity index (χ0n) is 11.3. The number of hydrogen-bond acceptors (Lipinski definition) is 2. The quantitative estimate of drug-likeness (QED) is 0.324. The fourth-order valence-corrected chi connectivity index (χ4v) is 4.12. The van der Waals surface area contributed by atoms with Crippen molar-refractivity contribution in [2.45, 2.75) is 69.9 Å². The van der Waals surface area contributed by atoms with E-state index in [-0.39, 0.29) is 0 Å². The molecular weight excluding hydrogens is 224 g/mol. The van der Waals surface area contributed by atoms with E-state index in [1.165, 1.54) is 57.8 Å². The van der Waals surface area contributed by atoms with Crippen molar-refractivity contribution in [3.05, 3.63) is 0 Å². The summed E-state index contributed by atoms with van der Waals surface area (Å²) in [6.07, 6.45) is 12.0. The van der Waals surface area contributed by atoms with Crippen molar-refractivity contribution in [3.8, 4) is 0 Å². The first-order chi connectivity index (χ1) is 8.88. The maximum absolute atomic E-state index is 5.74. The summed E-state index contributed by atoms with van der Waals surface area (Å²) in [6.45, 7) is 1.14. The smallest absolute Gasteiger partial charge is 0.208 e. The van der Waals surface area contributed by atoms with Crippen LogP contribution in [0.3, 0.4) is 0 Å². The number of guanidine groups is 1. The van der Waals surface area contributed by atoms with E-state index in [2.05, 4.69) is 10.3 Å². The Morgan fingerprint density at radius 3 is 2.56 bits per heavy atom. The van der Waals surface area contributed by atoms with Gasteiger partial charge in [-0.3, -0.25) is 5.43 Å². The first kappa shape index (κ1) is 12.3. The maximum Gasteiger partial charge on any atom is 0.208 e. The van der Waals surface area contributed by atoms with E-state index in [4.69, 9.17) is 10.8 Å². The molecule has 2 aliphatic carbocycles. The van der Waals surface area contributed by atoms with Crippen molar-refractivity contribution in [2.75, 3.05) is 6.54 Å². The van der Waals surface area contributed by atoms with Crippen LogP contribution in [0.15, 0.2) is 4.99 Å². The molecule has 3 N–H and O–H groups in total. The molecule has 18 heavy (non-hydrogen) atoms. The van der Waals surface area contributed by atoms with E-state index >= 15 is 0 Å². The zero-order chi connectivity index (χ0) is 12.4. The number of fused-ring (bicyclic) bond motifs is 1. The predicted octanol–water partition coefficient (Wildman–Crippen LogP) is 2.01. The second-order valence-corrected chi connectivity index (χ2v) is 6.13. The van der Waals surface area contributed by atoms with Gasteiger partial charge in [-0.2, -0.15) is 0 Å². The molecular formula is C14H26N4. The lowest BCUT2D eigenvalue weighted by Gasteiger charge is -2.39. The largest absolute Gasteiger partial charge is 0.339 e. The van der Waals surface area contributed by atoms with E-state index in [0.29, 0.717) is 12.1 Å². The van der Waals surface area contributed by atoms with Gasteiger partial charge < -0.3 is 4.90 Å². The summed E-state index contributed by atoms with van der Waals surface area (Å²) in [5.41, 5.74) is 2.89. The number of nitrogens with zero attached hydrogens (tertiary/aromatic N) is 2. The van der Waals surface area contributed by atoms with Crippen LogP contribution in [0, 0.1) is 5.92 Å². The van der Waals surface area contributed by atoms with Gasteiger partial charge in [-0.05, 0) is 44.4 Å². The van der Waals surface area contributed by atoms with E-state index in [9.17, 15) is 0 Å². The van der Waals surface area contributed by atoms with Crippen molar-refractivity contribution in [1.82, 2.24) is 10.3 Å². The van der Waals surface area contributed by atoms with Gasteiger partial charge in [-0.25, -0.2) is 10.8 Å². The highest BCUT2D eigenvalue weighted by Crippen LogP contribution is 2.36. The van der Waals surface area contributed by atoms with E-state index in [0.717, 1.165) is 18.4 Å². The van der Waals surface area contributed by atoms with Gasteiger partial charge in [0.1, 0.15) is 0 Å². The topological polar surface area (TPSA) is 53.6 Å². The molecule has 0 radical (unpaired) electrons. The number of likely N-dealkylation sites (tertiary alicyclic amines) is 1. The number of hydrazine groups is 1. The Morgan fingerprint density at radius 1 is 1.00 bits per heavy atom. The fourth-order valence-electron chi connectivity index (χ4n) is 4.12. The Bertz CT molecular complexity index is 309. The van der Waals surface area contributed by atoms with Crippen LogP contribution in [0.2, 0.25) is 0 Å². The van der Waals surface area contributed by atoms with Crippen LogP contribution in [-0.4, -0.2) is 29.5 Å². The van der Waals surface area contributed by atoms with Crippen molar-refractivity contribution in [1.29, 1.82) is 0 Å². The molecule has 0 amide bonds. The summed E-state index contributed by atoms with van der Waals surface area (Å²) < 4.78 is 0. The molecule has 1 aliphatic heterocycles. The van der Waals surface area contributed by atoms with Crippen LogP contribution in [0.4, 0.5) is 0 Å². The minimum Gasteiger partial charge on any atom is -0.339 e. The Morgan fingerprint density at radius 2 is 1.78 bits per heavy atom. The lowest BCUT2D eigenvalue weighted by molar-refractivity contribution is 0.185. The van der Waals surface area contributed by atoms with Crippen LogP contribution >= 0.6 is 0 Å². The SMILES string of the molecule is NNC(=NC1CCCC1)N1CCCC2CCCC21. The molecule has 1 saturated heterocycles. The molecule has 2 saturated carbocycles. The molecule has 0 bridgehead atoms. The van der Waals surface area contributed by atoms with Gasteiger partial charge in [0, 0.05) is 12.6 Å². The summed E-state index contributed by atoms with van der Waals surface area (Å²) in [4.78, 5) is 7.36. The Balaban J connectivity index is 1.73. The maximum atomic E-state index is 5.74. The summed E-state index contributed by atoms with van der Waals surface area (Å²) in [5, 5.41) is 0. The summed E-state index contributed by atoms with van der Waals surface area (Å²) in [7, 11) is 0. The molecule has 1 heterocycles. The average molecular weight is 250 g/mol. The molecule has 3 fully saturated rings. The number of hydrogen-bond donors (Lipinski definition) is 2. The predicted molar refractivity (Wildman–Crippen MR) is 74.1 cm³/mol. The number of piperidine rings is 1. The number of rotatable bonds is 1. The Labute approximate surface area is 110 Å². The summed E-state index contributed by atoms with van der Waals surface area (Å²) in [5.74, 6) is 7.60. The van der Waals surface area contributed by atoms with E-state index in [1.54, 1.807) is 0 Å². The fraction of sp³-hybridized carbons (Fsp3) is 0.929. The molecule has 3 aliphatic rings. The van der Waals surface area contributed by atoms with Crippen molar-refractivity contribution >= 4 is 5.96 Å². The normalized spacial score (nSPS) is 33.8. The third-order valence-corrected chi connectivity index (χ3v) is 5.02.